The molecule has 2 rings (SSSR count). The Morgan fingerprint density at radius 2 is 1.93 bits per heavy atom. The van der Waals surface area contributed by atoms with Gasteiger partial charge in [0.15, 0.2) is 0 Å². The summed E-state index contributed by atoms with van der Waals surface area (Å²) < 4.78 is 0. The molecule has 1 aromatic rings. The maximum absolute atomic E-state index is 11.0. The monoisotopic (exact) mass is 201 g/mol. The van der Waals surface area contributed by atoms with E-state index in [9.17, 15) is 4.79 Å². The summed E-state index contributed by atoms with van der Waals surface area (Å²) in [6.07, 6.45) is 6.07. The van der Waals surface area contributed by atoms with Gasteiger partial charge in [-0.15, -0.1) is 0 Å². The molecule has 1 N–H and O–H groups in total. The third-order valence-electron chi connectivity index (χ3n) is 2.31. The molecule has 3 heteroatoms. The first-order valence-electron chi connectivity index (χ1n) is 4.70. The van der Waals surface area contributed by atoms with Crippen molar-refractivity contribution in [3.8, 4) is 0 Å². The summed E-state index contributed by atoms with van der Waals surface area (Å²) in [5, 5.41) is 9.01. The summed E-state index contributed by atoms with van der Waals surface area (Å²) >= 11 is 0. The molecule has 0 fully saturated rings. The Bertz CT molecular complexity index is 409. The molecule has 1 amide bonds. The van der Waals surface area contributed by atoms with E-state index in [0.717, 1.165) is 5.56 Å². The fourth-order valence-electron chi connectivity index (χ4n) is 1.60. The zero-order valence-corrected chi connectivity index (χ0v) is 8.08. The topological polar surface area (TPSA) is 40.5 Å². The molecular formula is C12H11NO2. The highest BCUT2D eigenvalue weighted by Gasteiger charge is 2.21. The largest absolute Gasteiger partial charge is 0.465 e. The minimum atomic E-state index is -0.940. The van der Waals surface area contributed by atoms with Crippen LogP contribution in [-0.4, -0.2) is 16.1 Å². The lowest BCUT2D eigenvalue weighted by atomic mass is 10.0. The SMILES string of the molecule is O=C(O)N1C=CC=CC1c1ccccc1. The van der Waals surface area contributed by atoms with Crippen LogP contribution in [-0.2, 0) is 0 Å². The molecule has 0 bridgehead atoms. The van der Waals surface area contributed by atoms with Crippen LogP contribution in [0.15, 0.2) is 54.8 Å². The molecule has 3 nitrogen and oxygen atoms in total. The first kappa shape index (κ1) is 9.52. The van der Waals surface area contributed by atoms with Crippen LogP contribution in [0.25, 0.3) is 0 Å². The van der Waals surface area contributed by atoms with E-state index in [1.807, 2.05) is 42.5 Å². The highest BCUT2D eigenvalue weighted by Crippen LogP contribution is 2.24. The first-order valence-corrected chi connectivity index (χ1v) is 4.70. The number of benzene rings is 1. The number of carboxylic acid groups (broad SMARTS) is 1. The predicted molar refractivity (Wildman–Crippen MR) is 57.3 cm³/mol. The van der Waals surface area contributed by atoms with Gasteiger partial charge in [-0.05, 0) is 11.6 Å². The second-order valence-electron chi connectivity index (χ2n) is 3.27. The number of nitrogens with zero attached hydrogens (tertiary/aromatic N) is 1. The smallest absolute Gasteiger partial charge is 0.412 e. The molecule has 0 spiro atoms. The Hall–Kier alpha value is -2.03. The Kier molecular flexibility index (Phi) is 2.54. The zero-order chi connectivity index (χ0) is 10.7. The second-order valence-corrected chi connectivity index (χ2v) is 3.27. The van der Waals surface area contributed by atoms with Crippen LogP contribution in [0.2, 0.25) is 0 Å². The lowest BCUT2D eigenvalue weighted by molar-refractivity contribution is 0.154. The van der Waals surface area contributed by atoms with Gasteiger partial charge >= 0.3 is 6.09 Å². The standard InChI is InChI=1S/C12H11NO2/c14-12(15)13-9-5-4-8-11(13)10-6-2-1-3-7-10/h1-9,11H,(H,14,15). The summed E-state index contributed by atoms with van der Waals surface area (Å²) in [5.41, 5.74) is 0.973. The summed E-state index contributed by atoms with van der Waals surface area (Å²) in [6, 6.07) is 9.35. The third-order valence-corrected chi connectivity index (χ3v) is 2.31. The zero-order valence-electron chi connectivity index (χ0n) is 8.08. The third kappa shape index (κ3) is 1.91. The summed E-state index contributed by atoms with van der Waals surface area (Å²) in [7, 11) is 0. The molecule has 1 unspecified atom stereocenters. The van der Waals surface area contributed by atoms with Crippen LogP contribution in [0, 0.1) is 0 Å². The van der Waals surface area contributed by atoms with E-state index in [2.05, 4.69) is 0 Å². The maximum Gasteiger partial charge on any atom is 0.412 e. The van der Waals surface area contributed by atoms with Crippen molar-refractivity contribution in [2.45, 2.75) is 6.04 Å². The summed E-state index contributed by atoms with van der Waals surface area (Å²) in [4.78, 5) is 12.3. The lowest BCUT2D eigenvalue weighted by Crippen LogP contribution is -2.28. The number of allylic oxidation sites excluding steroid dienone is 2. The van der Waals surface area contributed by atoms with Gasteiger partial charge in [0, 0.05) is 6.20 Å². The first-order chi connectivity index (χ1) is 7.29. The molecule has 0 aliphatic carbocycles. The van der Waals surface area contributed by atoms with Gasteiger partial charge < -0.3 is 5.11 Å². The Balaban J connectivity index is 2.32. The van der Waals surface area contributed by atoms with E-state index in [4.69, 9.17) is 5.11 Å². The maximum atomic E-state index is 11.0. The van der Waals surface area contributed by atoms with Gasteiger partial charge in [-0.2, -0.15) is 0 Å². The van der Waals surface area contributed by atoms with Gasteiger partial charge in [0.05, 0.1) is 6.04 Å². The average Bonchev–Trinajstić information content (AvgIpc) is 2.30. The van der Waals surface area contributed by atoms with Gasteiger partial charge in [0.1, 0.15) is 0 Å². The fraction of sp³-hybridized carbons (Fsp3) is 0.0833. The number of hydrogen-bond donors (Lipinski definition) is 1. The molecule has 15 heavy (non-hydrogen) atoms. The van der Waals surface area contributed by atoms with E-state index in [0.29, 0.717) is 0 Å². The molecule has 1 atom stereocenters. The predicted octanol–water partition coefficient (Wildman–Crippen LogP) is 2.79. The van der Waals surface area contributed by atoms with Crippen LogP contribution in [0.3, 0.4) is 0 Å². The summed E-state index contributed by atoms with van der Waals surface area (Å²) in [5.74, 6) is 0. The quantitative estimate of drug-likeness (QED) is 0.758. The van der Waals surface area contributed by atoms with Crippen molar-refractivity contribution in [3.63, 3.8) is 0 Å². The average molecular weight is 201 g/mol. The van der Waals surface area contributed by atoms with Crippen LogP contribution in [0.1, 0.15) is 11.6 Å². The van der Waals surface area contributed by atoms with Gasteiger partial charge in [0.25, 0.3) is 0 Å². The highest BCUT2D eigenvalue weighted by molar-refractivity contribution is 5.68. The van der Waals surface area contributed by atoms with Crippen molar-refractivity contribution in [1.82, 2.24) is 4.90 Å². The van der Waals surface area contributed by atoms with Crippen molar-refractivity contribution in [3.05, 3.63) is 60.3 Å². The number of hydrogen-bond acceptors (Lipinski definition) is 1. The van der Waals surface area contributed by atoms with E-state index in [-0.39, 0.29) is 6.04 Å². The van der Waals surface area contributed by atoms with Crippen molar-refractivity contribution < 1.29 is 9.90 Å². The van der Waals surface area contributed by atoms with Crippen LogP contribution in [0.5, 0.6) is 0 Å². The van der Waals surface area contributed by atoms with E-state index in [1.165, 1.54) is 4.90 Å². The molecule has 0 saturated carbocycles. The number of rotatable bonds is 1. The Morgan fingerprint density at radius 1 is 1.20 bits per heavy atom. The minimum Gasteiger partial charge on any atom is -0.465 e. The normalized spacial score (nSPS) is 19.2. The lowest BCUT2D eigenvalue weighted by Gasteiger charge is -2.25. The molecule has 1 aromatic carbocycles. The van der Waals surface area contributed by atoms with Crippen molar-refractivity contribution >= 4 is 6.09 Å². The number of carbonyl (C=O) groups is 1. The van der Waals surface area contributed by atoms with Crippen LogP contribution in [0.4, 0.5) is 4.79 Å². The molecule has 0 aromatic heterocycles. The second kappa shape index (κ2) is 4.00. The molecule has 1 heterocycles. The van der Waals surface area contributed by atoms with Crippen LogP contribution < -0.4 is 0 Å². The number of amides is 1. The Labute approximate surface area is 88.0 Å². The highest BCUT2D eigenvalue weighted by atomic mass is 16.4. The van der Waals surface area contributed by atoms with Gasteiger partial charge in [-0.25, -0.2) is 4.79 Å². The summed E-state index contributed by atoms with van der Waals surface area (Å²) in [6.45, 7) is 0. The van der Waals surface area contributed by atoms with Crippen LogP contribution >= 0.6 is 0 Å². The van der Waals surface area contributed by atoms with E-state index in [1.54, 1.807) is 12.3 Å². The minimum absolute atomic E-state index is 0.214. The van der Waals surface area contributed by atoms with E-state index < -0.39 is 6.09 Å². The molecule has 1 aliphatic rings. The van der Waals surface area contributed by atoms with Crippen molar-refractivity contribution in [2.75, 3.05) is 0 Å². The molecule has 0 saturated heterocycles. The Morgan fingerprint density at radius 3 is 2.60 bits per heavy atom. The van der Waals surface area contributed by atoms with Gasteiger partial charge in [-0.3, -0.25) is 4.90 Å². The van der Waals surface area contributed by atoms with Crippen molar-refractivity contribution in [2.24, 2.45) is 0 Å². The molecular weight excluding hydrogens is 190 g/mol. The molecule has 0 radical (unpaired) electrons. The fourth-order valence-corrected chi connectivity index (χ4v) is 1.60. The van der Waals surface area contributed by atoms with Gasteiger partial charge in [-0.1, -0.05) is 42.5 Å². The molecule has 76 valence electrons. The molecule has 1 aliphatic heterocycles. The van der Waals surface area contributed by atoms with E-state index >= 15 is 0 Å². The van der Waals surface area contributed by atoms with Gasteiger partial charge in [0.2, 0.25) is 0 Å². The van der Waals surface area contributed by atoms with Crippen molar-refractivity contribution in [1.29, 1.82) is 0 Å².